The second-order valence-corrected chi connectivity index (χ2v) is 7.27. The minimum atomic E-state index is -0.664. The molecule has 5 N–H and O–H groups in total. The molecule has 0 aliphatic carbocycles. The van der Waals surface area contributed by atoms with Gasteiger partial charge in [-0.3, -0.25) is 4.79 Å². The summed E-state index contributed by atoms with van der Waals surface area (Å²) >= 11 is 0. The average molecular weight is 386 g/mol. The van der Waals surface area contributed by atoms with Gasteiger partial charge in [-0.05, 0) is 63.3 Å². The molecule has 0 unspecified atom stereocenters. The largest absolute Gasteiger partial charge is 0.508 e. The molecule has 1 aromatic rings. The first-order valence-corrected chi connectivity index (χ1v) is 9.68. The van der Waals surface area contributed by atoms with Crippen LogP contribution >= 0.6 is 0 Å². The third kappa shape index (κ3) is 5.01. The Bertz CT molecular complexity index is 831. The van der Waals surface area contributed by atoms with Crippen LogP contribution in [0.2, 0.25) is 0 Å². The summed E-state index contributed by atoms with van der Waals surface area (Å²) < 4.78 is 5.40. The van der Waals surface area contributed by atoms with Gasteiger partial charge in [-0.1, -0.05) is 18.6 Å². The highest BCUT2D eigenvalue weighted by atomic mass is 16.5. The maximum absolute atomic E-state index is 12.2. The highest BCUT2D eigenvalue weighted by Gasteiger charge is 2.21. The predicted molar refractivity (Wildman–Crippen MR) is 113 cm³/mol. The number of aliphatic imine (C=N–C) groups is 1. The lowest BCUT2D eigenvalue weighted by Gasteiger charge is -2.22. The number of amides is 1. The Hall–Kier alpha value is -2.60. The van der Waals surface area contributed by atoms with Gasteiger partial charge in [-0.25, -0.2) is 4.99 Å². The highest BCUT2D eigenvalue weighted by Crippen LogP contribution is 2.32. The summed E-state index contributed by atoms with van der Waals surface area (Å²) in [4.78, 5) is 16.8. The number of primary amides is 1. The Kier molecular flexibility index (Phi) is 7.40. The summed E-state index contributed by atoms with van der Waals surface area (Å²) in [7, 11) is 0. The van der Waals surface area contributed by atoms with Crippen LogP contribution in [0.25, 0.3) is 5.57 Å². The summed E-state index contributed by atoms with van der Waals surface area (Å²) in [5.74, 6) is -0.279. The van der Waals surface area contributed by atoms with Crippen molar-refractivity contribution < 1.29 is 14.6 Å². The van der Waals surface area contributed by atoms with Crippen LogP contribution < -0.4 is 11.5 Å². The Balaban J connectivity index is 2.62. The van der Waals surface area contributed by atoms with Gasteiger partial charge in [0.1, 0.15) is 5.75 Å². The zero-order chi connectivity index (χ0) is 20.8. The van der Waals surface area contributed by atoms with E-state index in [9.17, 15) is 9.90 Å². The van der Waals surface area contributed by atoms with Gasteiger partial charge in [-0.2, -0.15) is 0 Å². The van der Waals surface area contributed by atoms with Gasteiger partial charge in [0.05, 0.1) is 5.70 Å². The quantitative estimate of drug-likeness (QED) is 0.396. The number of carbonyl (C=O) groups excluding carboxylic acids is 1. The van der Waals surface area contributed by atoms with Gasteiger partial charge in [0, 0.05) is 30.4 Å². The van der Waals surface area contributed by atoms with Crippen LogP contribution in [0.3, 0.4) is 0 Å². The summed E-state index contributed by atoms with van der Waals surface area (Å²) in [6.07, 6.45) is 2.47. The van der Waals surface area contributed by atoms with E-state index < -0.39 is 5.91 Å². The molecule has 0 saturated carbocycles. The third-order valence-electron chi connectivity index (χ3n) is 5.31. The minimum absolute atomic E-state index is 0.0644. The van der Waals surface area contributed by atoms with Crippen molar-refractivity contribution in [2.24, 2.45) is 22.4 Å². The first kappa shape index (κ1) is 21.7. The molecule has 1 aliphatic heterocycles. The molecule has 1 aromatic carbocycles. The smallest absolute Gasteiger partial charge is 0.269 e. The zero-order valence-corrected chi connectivity index (χ0v) is 17.2. The van der Waals surface area contributed by atoms with Gasteiger partial charge in [0.25, 0.3) is 5.91 Å². The van der Waals surface area contributed by atoms with E-state index in [2.05, 4.69) is 4.99 Å². The molecule has 2 rings (SSSR count). The number of nitrogens with two attached hydrogens (primary N) is 2. The lowest BCUT2D eigenvalue weighted by Crippen LogP contribution is -2.24. The SMILES string of the molecule is CC/C(C)=C(/C(N)=C(\N=C(C)C1CCOCC1)C(N)=O)c1cc(O)ccc1C. The normalized spacial score (nSPS) is 17.8. The maximum atomic E-state index is 12.2. The molecule has 1 saturated heterocycles. The Labute approximate surface area is 167 Å². The van der Waals surface area contributed by atoms with E-state index in [1.54, 1.807) is 12.1 Å². The van der Waals surface area contributed by atoms with Crippen molar-refractivity contribution in [3.05, 3.63) is 46.3 Å². The molecule has 1 amide bonds. The molecule has 1 aliphatic rings. The number of rotatable bonds is 6. The number of phenols is 1. The summed E-state index contributed by atoms with van der Waals surface area (Å²) in [6.45, 7) is 9.18. The lowest BCUT2D eigenvalue weighted by molar-refractivity contribution is -0.114. The van der Waals surface area contributed by atoms with E-state index in [0.29, 0.717) is 18.8 Å². The van der Waals surface area contributed by atoms with E-state index in [-0.39, 0.29) is 23.1 Å². The number of hydrogen-bond donors (Lipinski definition) is 3. The van der Waals surface area contributed by atoms with E-state index in [0.717, 1.165) is 41.7 Å². The first-order valence-electron chi connectivity index (χ1n) is 9.68. The number of hydrogen-bond acceptors (Lipinski definition) is 5. The van der Waals surface area contributed by atoms with Crippen molar-refractivity contribution in [3.63, 3.8) is 0 Å². The van der Waals surface area contributed by atoms with Crippen molar-refractivity contribution in [1.82, 2.24) is 0 Å². The van der Waals surface area contributed by atoms with Gasteiger partial charge in [-0.15, -0.1) is 0 Å². The molecule has 1 heterocycles. The molecule has 0 spiro atoms. The van der Waals surface area contributed by atoms with Gasteiger partial charge in [0.15, 0.2) is 5.70 Å². The predicted octanol–water partition coefficient (Wildman–Crippen LogP) is 3.43. The third-order valence-corrected chi connectivity index (χ3v) is 5.31. The number of benzene rings is 1. The average Bonchev–Trinajstić information content (AvgIpc) is 2.68. The molecule has 1 fully saturated rings. The van der Waals surface area contributed by atoms with Crippen LogP contribution in [-0.4, -0.2) is 29.9 Å². The Morgan fingerprint density at radius 2 is 1.89 bits per heavy atom. The highest BCUT2D eigenvalue weighted by molar-refractivity contribution is 6.01. The fraction of sp³-hybridized carbons (Fsp3) is 0.455. The Morgan fingerprint density at radius 1 is 1.25 bits per heavy atom. The fourth-order valence-corrected chi connectivity index (χ4v) is 3.41. The van der Waals surface area contributed by atoms with Crippen molar-refractivity contribution in [2.75, 3.05) is 13.2 Å². The standard InChI is InChI=1S/C22H31N3O3/c1-5-13(2)19(18-12-17(26)7-6-14(18)3)20(23)21(22(24)27)25-15(4)16-8-10-28-11-9-16/h6-7,12,16,26H,5,8-11,23H2,1-4H3,(H2,24,27)/b19-13+,21-20+,25-15?. The molecular weight excluding hydrogens is 354 g/mol. The second kappa shape index (κ2) is 9.55. The van der Waals surface area contributed by atoms with Crippen LogP contribution in [0.4, 0.5) is 0 Å². The van der Waals surface area contributed by atoms with Crippen LogP contribution in [0.15, 0.2) is 40.2 Å². The van der Waals surface area contributed by atoms with Gasteiger partial charge < -0.3 is 21.3 Å². The van der Waals surface area contributed by atoms with Crippen LogP contribution in [0.1, 0.15) is 51.2 Å². The Morgan fingerprint density at radius 3 is 2.46 bits per heavy atom. The molecule has 0 bridgehead atoms. The van der Waals surface area contributed by atoms with E-state index in [1.807, 2.05) is 33.8 Å². The first-order chi connectivity index (χ1) is 13.3. The molecule has 0 aromatic heterocycles. The summed E-state index contributed by atoms with van der Waals surface area (Å²) in [5.41, 5.74) is 16.7. The number of aromatic hydroxyl groups is 1. The number of aryl methyl sites for hydroxylation is 1. The number of phenolic OH excluding ortho intramolecular Hbond substituents is 1. The van der Waals surface area contributed by atoms with Crippen LogP contribution in [-0.2, 0) is 9.53 Å². The van der Waals surface area contributed by atoms with E-state index in [1.165, 1.54) is 0 Å². The molecule has 152 valence electrons. The zero-order valence-electron chi connectivity index (χ0n) is 17.2. The van der Waals surface area contributed by atoms with Crippen molar-refractivity contribution in [1.29, 1.82) is 0 Å². The molecule has 0 atom stereocenters. The maximum Gasteiger partial charge on any atom is 0.269 e. The van der Waals surface area contributed by atoms with E-state index >= 15 is 0 Å². The topological polar surface area (TPSA) is 111 Å². The molecule has 6 heteroatoms. The molecular formula is C22H31N3O3. The van der Waals surface area contributed by atoms with Gasteiger partial charge in [0.2, 0.25) is 0 Å². The molecule has 6 nitrogen and oxygen atoms in total. The number of carbonyl (C=O) groups is 1. The number of allylic oxidation sites excluding steroid dienone is 2. The van der Waals surface area contributed by atoms with Crippen LogP contribution in [0, 0.1) is 12.8 Å². The number of ether oxygens (including phenoxy) is 1. The monoisotopic (exact) mass is 385 g/mol. The van der Waals surface area contributed by atoms with Crippen molar-refractivity contribution >= 4 is 17.2 Å². The second-order valence-electron chi connectivity index (χ2n) is 7.27. The van der Waals surface area contributed by atoms with Crippen molar-refractivity contribution in [2.45, 2.75) is 47.0 Å². The molecule has 0 radical (unpaired) electrons. The molecule has 28 heavy (non-hydrogen) atoms. The minimum Gasteiger partial charge on any atom is -0.508 e. The van der Waals surface area contributed by atoms with Crippen LogP contribution in [0.5, 0.6) is 5.75 Å². The van der Waals surface area contributed by atoms with E-state index in [4.69, 9.17) is 16.2 Å². The van der Waals surface area contributed by atoms with Gasteiger partial charge >= 0.3 is 0 Å². The summed E-state index contributed by atoms with van der Waals surface area (Å²) in [5, 5.41) is 9.98. The lowest BCUT2D eigenvalue weighted by atomic mass is 9.91. The summed E-state index contributed by atoms with van der Waals surface area (Å²) in [6, 6.07) is 5.10. The number of nitrogens with zero attached hydrogens (tertiary/aromatic N) is 1. The fourth-order valence-electron chi connectivity index (χ4n) is 3.41. The van der Waals surface area contributed by atoms with Crippen molar-refractivity contribution in [3.8, 4) is 5.75 Å².